The van der Waals surface area contributed by atoms with Gasteiger partial charge in [0.05, 0.1) is 0 Å². The molecule has 0 atom stereocenters. The number of pyridine rings is 1. The van der Waals surface area contributed by atoms with E-state index in [1.54, 1.807) is 30.5 Å². The lowest BCUT2D eigenvalue weighted by molar-refractivity contribution is 0.102. The molecule has 132 valence electrons. The Bertz CT molecular complexity index is 924. The summed E-state index contributed by atoms with van der Waals surface area (Å²) in [6.45, 7) is 4.33. The summed E-state index contributed by atoms with van der Waals surface area (Å²) in [5, 5.41) is 3.37. The first-order valence-corrected chi connectivity index (χ1v) is 8.62. The molecule has 0 unspecified atom stereocenters. The van der Waals surface area contributed by atoms with E-state index < -0.39 is 0 Å². The Labute approximate surface area is 157 Å². The zero-order valence-corrected chi connectivity index (χ0v) is 15.4. The largest absolute Gasteiger partial charge is 0.489 e. The lowest BCUT2D eigenvalue weighted by atomic mass is 10.1. The van der Waals surface area contributed by atoms with E-state index in [9.17, 15) is 4.79 Å². The Kier molecular flexibility index (Phi) is 5.54. The summed E-state index contributed by atoms with van der Waals surface area (Å²) < 4.78 is 5.70. The van der Waals surface area contributed by atoms with Crippen molar-refractivity contribution in [2.24, 2.45) is 0 Å². The second-order valence-electron chi connectivity index (χ2n) is 5.97. The number of carbonyl (C=O) groups is 1. The van der Waals surface area contributed by atoms with Crippen LogP contribution in [0, 0.1) is 13.8 Å². The molecule has 1 heterocycles. The molecule has 0 fully saturated rings. The smallest absolute Gasteiger partial charge is 0.255 e. The van der Waals surface area contributed by atoms with Crippen LogP contribution in [-0.2, 0) is 6.61 Å². The zero-order valence-electron chi connectivity index (χ0n) is 14.6. The molecule has 26 heavy (non-hydrogen) atoms. The third-order valence-corrected chi connectivity index (χ3v) is 4.54. The number of halogens is 1. The van der Waals surface area contributed by atoms with E-state index in [2.05, 4.69) is 10.3 Å². The molecule has 3 aromatic rings. The molecule has 0 bridgehead atoms. The number of amides is 1. The summed E-state index contributed by atoms with van der Waals surface area (Å²) in [6.07, 6.45) is 1.63. The molecular weight excluding hydrogens is 348 g/mol. The van der Waals surface area contributed by atoms with Gasteiger partial charge in [-0.25, -0.2) is 4.98 Å². The number of ether oxygens (including phenoxy) is 1. The molecule has 3 rings (SSSR count). The summed E-state index contributed by atoms with van der Waals surface area (Å²) in [5.74, 6) is 0.508. The normalized spacial score (nSPS) is 10.4. The van der Waals surface area contributed by atoms with Crippen molar-refractivity contribution in [3.63, 3.8) is 0 Å². The van der Waals surface area contributed by atoms with Crippen molar-refractivity contribution in [2.75, 3.05) is 5.32 Å². The standard InChI is InChI=1S/C21H19ClN2O2/c1-14-5-3-7-19(15(14)2)24-21(25)16-8-10-18(11-9-16)26-13-17-6-4-12-23-20(17)22/h3-12H,13H2,1-2H3,(H,24,25). The maximum absolute atomic E-state index is 12.4. The van der Waals surface area contributed by atoms with E-state index in [0.29, 0.717) is 23.1 Å². The molecule has 0 saturated carbocycles. The fraction of sp³-hybridized carbons (Fsp3) is 0.143. The van der Waals surface area contributed by atoms with Crippen LogP contribution in [0.1, 0.15) is 27.0 Å². The highest BCUT2D eigenvalue weighted by molar-refractivity contribution is 6.30. The van der Waals surface area contributed by atoms with Gasteiger partial charge in [0.1, 0.15) is 17.5 Å². The first-order chi connectivity index (χ1) is 12.5. The van der Waals surface area contributed by atoms with E-state index in [1.807, 2.05) is 44.2 Å². The van der Waals surface area contributed by atoms with Crippen LogP contribution in [-0.4, -0.2) is 10.9 Å². The van der Waals surface area contributed by atoms with Crippen LogP contribution in [0.15, 0.2) is 60.8 Å². The van der Waals surface area contributed by atoms with Crippen LogP contribution < -0.4 is 10.1 Å². The van der Waals surface area contributed by atoms with E-state index in [4.69, 9.17) is 16.3 Å². The van der Waals surface area contributed by atoms with Crippen molar-refractivity contribution >= 4 is 23.2 Å². The molecule has 0 spiro atoms. The maximum Gasteiger partial charge on any atom is 0.255 e. The monoisotopic (exact) mass is 366 g/mol. The molecule has 0 radical (unpaired) electrons. The van der Waals surface area contributed by atoms with Gasteiger partial charge in [0.2, 0.25) is 0 Å². The minimum Gasteiger partial charge on any atom is -0.489 e. The third kappa shape index (κ3) is 4.21. The summed E-state index contributed by atoms with van der Waals surface area (Å²) in [4.78, 5) is 16.4. The molecule has 0 aliphatic heterocycles. The Morgan fingerprint density at radius 2 is 1.85 bits per heavy atom. The van der Waals surface area contributed by atoms with Crippen molar-refractivity contribution in [3.05, 3.63) is 88.2 Å². The molecule has 1 N–H and O–H groups in total. The van der Waals surface area contributed by atoms with Crippen LogP contribution in [0.3, 0.4) is 0 Å². The minimum atomic E-state index is -0.152. The first kappa shape index (κ1) is 18.0. The predicted molar refractivity (Wildman–Crippen MR) is 104 cm³/mol. The van der Waals surface area contributed by atoms with Crippen LogP contribution in [0.4, 0.5) is 5.69 Å². The van der Waals surface area contributed by atoms with E-state index in [1.165, 1.54) is 0 Å². The Morgan fingerprint density at radius 1 is 1.08 bits per heavy atom. The van der Waals surface area contributed by atoms with E-state index >= 15 is 0 Å². The molecule has 5 heteroatoms. The van der Waals surface area contributed by atoms with Crippen molar-refractivity contribution in [2.45, 2.75) is 20.5 Å². The highest BCUT2D eigenvalue weighted by atomic mass is 35.5. The highest BCUT2D eigenvalue weighted by Gasteiger charge is 2.09. The summed E-state index contributed by atoms with van der Waals surface area (Å²) >= 11 is 6.01. The molecule has 0 aliphatic rings. The van der Waals surface area contributed by atoms with Gasteiger partial charge in [-0.3, -0.25) is 4.79 Å². The first-order valence-electron chi connectivity index (χ1n) is 8.24. The van der Waals surface area contributed by atoms with Gasteiger partial charge in [0.25, 0.3) is 5.91 Å². The summed E-state index contributed by atoms with van der Waals surface area (Å²) in [5.41, 5.74) is 4.40. The van der Waals surface area contributed by atoms with Crippen LogP contribution in [0.5, 0.6) is 5.75 Å². The summed E-state index contributed by atoms with van der Waals surface area (Å²) in [7, 11) is 0. The van der Waals surface area contributed by atoms with Gasteiger partial charge in [-0.05, 0) is 61.4 Å². The van der Waals surface area contributed by atoms with Crippen molar-refractivity contribution in [1.29, 1.82) is 0 Å². The number of nitrogens with one attached hydrogen (secondary N) is 1. The van der Waals surface area contributed by atoms with E-state index in [0.717, 1.165) is 22.4 Å². The third-order valence-electron chi connectivity index (χ3n) is 4.20. The van der Waals surface area contributed by atoms with Gasteiger partial charge < -0.3 is 10.1 Å². The maximum atomic E-state index is 12.4. The second-order valence-corrected chi connectivity index (χ2v) is 6.33. The number of anilines is 1. The van der Waals surface area contributed by atoms with Gasteiger partial charge >= 0.3 is 0 Å². The molecule has 4 nitrogen and oxygen atoms in total. The number of hydrogen-bond donors (Lipinski definition) is 1. The molecule has 0 saturated heterocycles. The number of nitrogens with zero attached hydrogens (tertiary/aromatic N) is 1. The number of rotatable bonds is 5. The van der Waals surface area contributed by atoms with Crippen molar-refractivity contribution in [3.8, 4) is 5.75 Å². The number of benzene rings is 2. The van der Waals surface area contributed by atoms with Crippen molar-refractivity contribution < 1.29 is 9.53 Å². The Morgan fingerprint density at radius 3 is 2.58 bits per heavy atom. The van der Waals surface area contributed by atoms with Crippen molar-refractivity contribution in [1.82, 2.24) is 4.98 Å². The Balaban J connectivity index is 1.64. The lowest BCUT2D eigenvalue weighted by Gasteiger charge is -2.11. The quantitative estimate of drug-likeness (QED) is 0.633. The fourth-order valence-corrected chi connectivity index (χ4v) is 2.65. The average molecular weight is 367 g/mol. The molecule has 1 aromatic heterocycles. The number of aryl methyl sites for hydroxylation is 1. The Hall–Kier alpha value is -2.85. The van der Waals surface area contributed by atoms with Gasteiger partial charge in [-0.15, -0.1) is 0 Å². The SMILES string of the molecule is Cc1cccc(NC(=O)c2ccc(OCc3cccnc3Cl)cc2)c1C. The fourth-order valence-electron chi connectivity index (χ4n) is 2.47. The van der Waals surface area contributed by atoms with Crippen LogP contribution >= 0.6 is 11.6 Å². The lowest BCUT2D eigenvalue weighted by Crippen LogP contribution is -2.13. The number of carbonyl (C=O) groups excluding carboxylic acids is 1. The topological polar surface area (TPSA) is 51.2 Å². The van der Waals surface area contributed by atoms with E-state index in [-0.39, 0.29) is 5.91 Å². The van der Waals surface area contributed by atoms with Gasteiger partial charge in [-0.1, -0.05) is 29.8 Å². The minimum absolute atomic E-state index is 0.152. The highest BCUT2D eigenvalue weighted by Crippen LogP contribution is 2.20. The molecule has 1 amide bonds. The molecular formula is C21H19ClN2O2. The van der Waals surface area contributed by atoms with Crippen LogP contribution in [0.25, 0.3) is 0 Å². The molecule has 2 aromatic carbocycles. The predicted octanol–water partition coefficient (Wildman–Crippen LogP) is 5.18. The average Bonchev–Trinajstić information content (AvgIpc) is 2.65. The van der Waals surface area contributed by atoms with Gasteiger partial charge in [0, 0.05) is 23.0 Å². The van der Waals surface area contributed by atoms with Gasteiger partial charge in [0.15, 0.2) is 0 Å². The number of hydrogen-bond acceptors (Lipinski definition) is 3. The van der Waals surface area contributed by atoms with Crippen LogP contribution in [0.2, 0.25) is 5.15 Å². The number of aromatic nitrogens is 1. The van der Waals surface area contributed by atoms with Gasteiger partial charge in [-0.2, -0.15) is 0 Å². The summed E-state index contributed by atoms with van der Waals surface area (Å²) in [6, 6.07) is 16.5. The zero-order chi connectivity index (χ0) is 18.5. The second kappa shape index (κ2) is 8.02. The molecule has 0 aliphatic carbocycles.